The average Bonchev–Trinajstić information content (AvgIpc) is 3.71. The Kier molecular flexibility index (Phi) is 11.6. The molecule has 5 aliphatic rings. The smallest absolute Gasteiger partial charge is 0.303 e. The van der Waals surface area contributed by atoms with Crippen molar-refractivity contribution in [2.75, 3.05) is 6.61 Å². The predicted octanol–water partition coefficient (Wildman–Crippen LogP) is 1.93. The number of rotatable bonds is 12. The van der Waals surface area contributed by atoms with Crippen LogP contribution >= 0.6 is 0 Å². The quantitative estimate of drug-likeness (QED) is 0.0908. The van der Waals surface area contributed by atoms with Gasteiger partial charge in [0.25, 0.3) is 11.8 Å². The van der Waals surface area contributed by atoms with Crippen molar-refractivity contribution in [3.8, 4) is 0 Å². The van der Waals surface area contributed by atoms with Crippen LogP contribution in [-0.2, 0) is 42.9 Å². The van der Waals surface area contributed by atoms with E-state index in [0.717, 1.165) is 12.0 Å². The fourth-order valence-corrected chi connectivity index (χ4v) is 7.07. The molecule has 3 saturated heterocycles. The summed E-state index contributed by atoms with van der Waals surface area (Å²) in [6.45, 7) is 9.43. The first-order valence-corrected chi connectivity index (χ1v) is 17.2. The first kappa shape index (κ1) is 36.6. The van der Waals surface area contributed by atoms with E-state index in [4.69, 9.17) is 18.9 Å². The normalized spacial score (nSPS) is 36.7. The number of aliphatic hydroxyl groups excluding tert-OH is 1. The van der Waals surface area contributed by atoms with E-state index in [9.17, 15) is 29.1 Å². The van der Waals surface area contributed by atoms with Crippen LogP contribution in [0.15, 0.2) is 48.1 Å². The van der Waals surface area contributed by atoms with Crippen molar-refractivity contribution in [2.24, 2.45) is 5.92 Å². The van der Waals surface area contributed by atoms with Crippen molar-refractivity contribution in [1.29, 1.82) is 0 Å². The van der Waals surface area contributed by atoms with Crippen LogP contribution in [0.2, 0.25) is 0 Å². The molecule has 5 rings (SSSR count). The summed E-state index contributed by atoms with van der Waals surface area (Å²) in [5, 5.41) is 17.0. The summed E-state index contributed by atoms with van der Waals surface area (Å²) in [4.78, 5) is 61.4. The molecule has 3 N–H and O–H groups in total. The van der Waals surface area contributed by atoms with Crippen molar-refractivity contribution in [2.45, 2.75) is 133 Å². The minimum atomic E-state index is -0.859. The number of carbonyl (C=O) groups is 5. The Balaban J connectivity index is 1.07. The third kappa shape index (κ3) is 9.33. The summed E-state index contributed by atoms with van der Waals surface area (Å²) < 4.78 is 23.2. The molecule has 0 radical (unpaired) electrons. The summed E-state index contributed by atoms with van der Waals surface area (Å²) in [6.07, 6.45) is 11.6. The molecule has 4 amide bonds. The van der Waals surface area contributed by atoms with Crippen LogP contribution < -0.4 is 10.6 Å². The van der Waals surface area contributed by atoms with Gasteiger partial charge in [0, 0.05) is 43.7 Å². The average molecular weight is 684 g/mol. The number of amides is 4. The van der Waals surface area contributed by atoms with Gasteiger partial charge in [-0.05, 0) is 58.4 Å². The Bertz CT molecular complexity index is 1390. The molecule has 1 spiro atoms. The van der Waals surface area contributed by atoms with Crippen LogP contribution in [0.5, 0.6) is 0 Å². The van der Waals surface area contributed by atoms with Gasteiger partial charge in [-0.3, -0.25) is 28.9 Å². The standard InChI is InChI=1S/C36H49N3O10/c1-20(6-9-29-21(2)14-28(23(4)48-29)38-31(41)11-8-22(3)47-24(5)40)7-10-30-35(45)36(19-46-36)18-27(49-30)17-32(42)37-25-15-26(16-25)39-33(43)12-13-34(39)44/h6-8,10-13,21-23,25-30,35,45H,9,14-19H2,1-5H3,(H,37,42)(H,38,41). The lowest BCUT2D eigenvalue weighted by Crippen LogP contribution is -2.56. The molecule has 268 valence electrons. The third-order valence-electron chi connectivity index (χ3n) is 10.0. The highest BCUT2D eigenvalue weighted by molar-refractivity contribution is 6.13. The molecule has 1 aliphatic carbocycles. The minimum Gasteiger partial charge on any atom is -0.459 e. The lowest BCUT2D eigenvalue weighted by molar-refractivity contribution is -0.146. The van der Waals surface area contributed by atoms with E-state index in [1.165, 1.54) is 30.1 Å². The summed E-state index contributed by atoms with van der Waals surface area (Å²) in [7, 11) is 0. The summed E-state index contributed by atoms with van der Waals surface area (Å²) in [5.41, 5.74) is 0.252. The summed E-state index contributed by atoms with van der Waals surface area (Å²) >= 11 is 0. The van der Waals surface area contributed by atoms with Crippen molar-refractivity contribution < 1.29 is 48.0 Å². The number of ether oxygens (including phenoxy) is 4. The van der Waals surface area contributed by atoms with E-state index < -0.39 is 36.0 Å². The number of nitrogens with zero attached hydrogens (tertiary/aromatic N) is 1. The van der Waals surface area contributed by atoms with Gasteiger partial charge in [0.15, 0.2) is 0 Å². The zero-order chi connectivity index (χ0) is 35.5. The fourth-order valence-electron chi connectivity index (χ4n) is 7.07. The number of aliphatic hydroxyl groups is 1. The maximum absolute atomic E-state index is 12.9. The molecule has 0 aromatic heterocycles. The first-order valence-electron chi connectivity index (χ1n) is 17.2. The van der Waals surface area contributed by atoms with Crippen LogP contribution in [0.1, 0.15) is 73.1 Å². The highest BCUT2D eigenvalue weighted by Gasteiger charge is 2.58. The molecular weight excluding hydrogens is 634 g/mol. The predicted molar refractivity (Wildman–Crippen MR) is 176 cm³/mol. The number of imide groups is 1. The highest BCUT2D eigenvalue weighted by atomic mass is 16.6. The molecule has 1 saturated carbocycles. The first-order chi connectivity index (χ1) is 23.2. The van der Waals surface area contributed by atoms with Gasteiger partial charge in [-0.1, -0.05) is 30.7 Å². The topological polar surface area (TPSA) is 173 Å². The van der Waals surface area contributed by atoms with Gasteiger partial charge < -0.3 is 34.7 Å². The van der Waals surface area contributed by atoms with E-state index >= 15 is 0 Å². The number of hydrogen-bond acceptors (Lipinski definition) is 10. The van der Waals surface area contributed by atoms with E-state index in [2.05, 4.69) is 23.6 Å². The van der Waals surface area contributed by atoms with Gasteiger partial charge in [-0.15, -0.1) is 0 Å². The van der Waals surface area contributed by atoms with E-state index in [-0.39, 0.29) is 66.3 Å². The van der Waals surface area contributed by atoms with E-state index in [1.807, 2.05) is 26.0 Å². The fraction of sp³-hybridized carbons (Fsp3) is 0.639. The maximum atomic E-state index is 12.9. The third-order valence-corrected chi connectivity index (χ3v) is 10.0. The van der Waals surface area contributed by atoms with Crippen molar-refractivity contribution in [3.05, 3.63) is 48.1 Å². The highest BCUT2D eigenvalue weighted by Crippen LogP contribution is 2.43. The van der Waals surface area contributed by atoms with Crippen molar-refractivity contribution >= 4 is 29.6 Å². The van der Waals surface area contributed by atoms with Gasteiger partial charge in [0.05, 0.1) is 37.4 Å². The zero-order valence-electron chi connectivity index (χ0n) is 28.8. The van der Waals surface area contributed by atoms with Gasteiger partial charge in [0.1, 0.15) is 23.9 Å². The molecule has 4 heterocycles. The largest absolute Gasteiger partial charge is 0.459 e. The summed E-state index contributed by atoms with van der Waals surface area (Å²) in [5.74, 6) is -1.28. The molecule has 4 fully saturated rings. The zero-order valence-corrected chi connectivity index (χ0v) is 28.8. The molecule has 4 aliphatic heterocycles. The van der Waals surface area contributed by atoms with Crippen molar-refractivity contribution in [3.63, 3.8) is 0 Å². The number of allylic oxidation sites excluding steroid dienone is 2. The summed E-state index contributed by atoms with van der Waals surface area (Å²) in [6, 6.07) is -0.462. The monoisotopic (exact) mass is 683 g/mol. The van der Waals surface area contributed by atoms with E-state index in [0.29, 0.717) is 32.3 Å². The SMILES string of the molecule is CC(=O)OC(C)C=CC(=O)NC1CC(C)C(CC=C(C)C=CC2OC(CC(=O)NC3CC(N4C(=O)C=CC4=O)C3)CC3(CO3)C2O)OC1C. The van der Waals surface area contributed by atoms with Gasteiger partial charge in [-0.2, -0.15) is 0 Å². The molecule has 13 heteroatoms. The number of esters is 1. The molecular formula is C36H49N3O10. The Hall–Kier alpha value is -3.65. The maximum Gasteiger partial charge on any atom is 0.303 e. The lowest BCUT2D eigenvalue weighted by Gasteiger charge is -2.41. The van der Waals surface area contributed by atoms with Crippen molar-refractivity contribution in [1.82, 2.24) is 15.5 Å². The number of carbonyl (C=O) groups excluding carboxylic acids is 5. The number of nitrogens with one attached hydrogen (secondary N) is 2. The van der Waals surface area contributed by atoms with Crippen LogP contribution in [-0.4, -0.2) is 107 Å². The molecule has 9 atom stereocenters. The lowest BCUT2D eigenvalue weighted by atomic mass is 9.84. The Labute approximate surface area is 287 Å². The van der Waals surface area contributed by atoms with Gasteiger partial charge in [0.2, 0.25) is 11.8 Å². The second-order valence-corrected chi connectivity index (χ2v) is 14.1. The van der Waals surface area contributed by atoms with Crippen LogP contribution in [0.3, 0.4) is 0 Å². The minimum absolute atomic E-state index is 0.0347. The molecule has 0 aromatic rings. The number of epoxide rings is 1. The molecule has 0 bridgehead atoms. The molecule has 13 nitrogen and oxygen atoms in total. The Morgan fingerprint density at radius 1 is 1.08 bits per heavy atom. The van der Waals surface area contributed by atoms with Crippen LogP contribution in [0, 0.1) is 5.92 Å². The van der Waals surface area contributed by atoms with Gasteiger partial charge in [-0.25, -0.2) is 0 Å². The molecule has 0 aromatic carbocycles. The Morgan fingerprint density at radius 3 is 2.43 bits per heavy atom. The van der Waals surface area contributed by atoms with Crippen LogP contribution in [0.25, 0.3) is 0 Å². The van der Waals surface area contributed by atoms with E-state index in [1.54, 1.807) is 13.0 Å². The molecule has 9 unspecified atom stereocenters. The number of hydrogen-bond donors (Lipinski definition) is 3. The second-order valence-electron chi connectivity index (χ2n) is 14.1. The Morgan fingerprint density at radius 2 is 1.78 bits per heavy atom. The second kappa shape index (κ2) is 15.5. The van der Waals surface area contributed by atoms with Gasteiger partial charge >= 0.3 is 5.97 Å². The molecule has 49 heavy (non-hydrogen) atoms. The van der Waals surface area contributed by atoms with Crippen LogP contribution in [0.4, 0.5) is 0 Å².